The van der Waals surface area contributed by atoms with Crippen molar-refractivity contribution in [3.8, 4) is 11.5 Å². The van der Waals surface area contributed by atoms with Crippen LogP contribution in [0.5, 0.6) is 11.5 Å². The average Bonchev–Trinajstić information content (AvgIpc) is 2.83. The molecule has 0 saturated carbocycles. The molecule has 1 aliphatic rings. The zero-order valence-corrected chi connectivity index (χ0v) is 18.1. The van der Waals surface area contributed by atoms with Crippen LogP contribution in [0.15, 0.2) is 36.7 Å². The van der Waals surface area contributed by atoms with Gasteiger partial charge in [0.25, 0.3) is 0 Å². The largest absolute Gasteiger partial charge is 0.497 e. The Hall–Kier alpha value is -3.36. The van der Waals surface area contributed by atoms with Crippen LogP contribution in [0.3, 0.4) is 0 Å². The monoisotopic (exact) mass is 428 g/mol. The van der Waals surface area contributed by atoms with Crippen LogP contribution in [0.1, 0.15) is 18.4 Å². The summed E-state index contributed by atoms with van der Waals surface area (Å²) in [4.78, 5) is 37.5. The summed E-state index contributed by atoms with van der Waals surface area (Å²) in [5.41, 5.74) is 0.809. The topological polar surface area (TPSA) is 94.1 Å². The lowest BCUT2D eigenvalue weighted by Crippen LogP contribution is -2.44. The highest BCUT2D eigenvalue weighted by molar-refractivity contribution is 5.84. The average molecular weight is 428 g/mol. The summed E-state index contributed by atoms with van der Waals surface area (Å²) in [6.45, 7) is 1.50. The Bertz CT molecular complexity index is 862. The number of carbonyl (C=O) groups excluding carboxylic acids is 2. The molecule has 1 fully saturated rings. The van der Waals surface area contributed by atoms with Crippen LogP contribution < -0.4 is 14.4 Å². The van der Waals surface area contributed by atoms with Crippen molar-refractivity contribution in [1.29, 1.82) is 0 Å². The number of ether oxygens (including phenoxy) is 3. The number of anilines is 1. The molecule has 31 heavy (non-hydrogen) atoms. The van der Waals surface area contributed by atoms with E-state index in [1.165, 1.54) is 7.11 Å². The molecule has 1 amide bonds. The number of methoxy groups -OCH3 is 3. The standard InChI is InChI=1S/C22H28N4O5/c1-29-18-11-16(12-19(13-18)30-2)14-26(15-20(27)31-3)21(28)17-5-9-25(10-6-17)22-23-7-4-8-24-22/h4,7-8,11-13,17H,5-6,9-10,14-15H2,1-3H3. The zero-order valence-electron chi connectivity index (χ0n) is 18.1. The normalized spacial score (nSPS) is 14.1. The highest BCUT2D eigenvalue weighted by Gasteiger charge is 2.30. The second-order valence-electron chi connectivity index (χ2n) is 7.30. The fourth-order valence-corrected chi connectivity index (χ4v) is 3.65. The predicted octanol–water partition coefficient (Wildman–Crippen LogP) is 1.91. The molecule has 1 saturated heterocycles. The van der Waals surface area contributed by atoms with Gasteiger partial charge in [-0.2, -0.15) is 0 Å². The van der Waals surface area contributed by atoms with Gasteiger partial charge in [-0.3, -0.25) is 9.59 Å². The van der Waals surface area contributed by atoms with Crippen LogP contribution in [0.25, 0.3) is 0 Å². The number of hydrogen-bond acceptors (Lipinski definition) is 8. The van der Waals surface area contributed by atoms with E-state index in [2.05, 4.69) is 14.9 Å². The fraction of sp³-hybridized carbons (Fsp3) is 0.455. The molecule has 0 bridgehead atoms. The Morgan fingerprint density at radius 1 is 1.03 bits per heavy atom. The number of carbonyl (C=O) groups is 2. The van der Waals surface area contributed by atoms with Crippen LogP contribution in [0.4, 0.5) is 5.95 Å². The number of rotatable bonds is 8. The number of esters is 1. The fourth-order valence-electron chi connectivity index (χ4n) is 3.65. The van der Waals surface area contributed by atoms with Gasteiger partial charge < -0.3 is 24.0 Å². The maximum atomic E-state index is 13.3. The first kappa shape index (κ1) is 22.3. The van der Waals surface area contributed by atoms with Crippen molar-refractivity contribution in [2.45, 2.75) is 19.4 Å². The molecule has 1 aromatic carbocycles. The number of nitrogens with zero attached hydrogens (tertiary/aromatic N) is 4. The maximum Gasteiger partial charge on any atom is 0.325 e. The van der Waals surface area contributed by atoms with Crippen molar-refractivity contribution in [2.75, 3.05) is 45.9 Å². The van der Waals surface area contributed by atoms with Gasteiger partial charge in [0.2, 0.25) is 11.9 Å². The van der Waals surface area contributed by atoms with Crippen molar-refractivity contribution >= 4 is 17.8 Å². The lowest BCUT2D eigenvalue weighted by atomic mass is 9.95. The molecule has 0 spiro atoms. The van der Waals surface area contributed by atoms with Crippen LogP contribution in [-0.4, -0.2) is 67.7 Å². The molecule has 166 valence electrons. The van der Waals surface area contributed by atoms with Crippen molar-refractivity contribution in [2.24, 2.45) is 5.92 Å². The number of benzene rings is 1. The number of aromatic nitrogens is 2. The van der Waals surface area contributed by atoms with Gasteiger partial charge in [-0.15, -0.1) is 0 Å². The summed E-state index contributed by atoms with van der Waals surface area (Å²) in [6, 6.07) is 7.19. The molecule has 0 aliphatic carbocycles. The molecule has 0 N–H and O–H groups in total. The lowest BCUT2D eigenvalue weighted by molar-refractivity contribution is -0.149. The first-order valence-corrected chi connectivity index (χ1v) is 10.1. The quantitative estimate of drug-likeness (QED) is 0.589. The summed E-state index contributed by atoms with van der Waals surface area (Å²) < 4.78 is 15.5. The number of hydrogen-bond donors (Lipinski definition) is 0. The third kappa shape index (κ3) is 5.84. The summed E-state index contributed by atoms with van der Waals surface area (Å²) in [7, 11) is 4.46. The minimum absolute atomic E-state index is 0.0687. The lowest BCUT2D eigenvalue weighted by Gasteiger charge is -2.34. The molecule has 1 aromatic heterocycles. The van der Waals surface area contributed by atoms with Crippen molar-refractivity contribution in [3.05, 3.63) is 42.2 Å². The van der Waals surface area contributed by atoms with Crippen LogP contribution in [0.2, 0.25) is 0 Å². The molecule has 1 aliphatic heterocycles. The molecule has 9 heteroatoms. The Morgan fingerprint density at radius 3 is 2.19 bits per heavy atom. The zero-order chi connectivity index (χ0) is 22.2. The minimum atomic E-state index is -0.460. The van der Waals surface area contributed by atoms with E-state index >= 15 is 0 Å². The molecule has 2 aromatic rings. The van der Waals surface area contributed by atoms with Gasteiger partial charge in [0.1, 0.15) is 18.0 Å². The first-order chi connectivity index (χ1) is 15.0. The third-order valence-corrected chi connectivity index (χ3v) is 5.32. The van der Waals surface area contributed by atoms with Gasteiger partial charge in [-0.05, 0) is 36.6 Å². The van der Waals surface area contributed by atoms with E-state index in [-0.39, 0.29) is 24.9 Å². The molecular formula is C22H28N4O5. The van der Waals surface area contributed by atoms with Crippen molar-refractivity contribution in [1.82, 2.24) is 14.9 Å². The highest BCUT2D eigenvalue weighted by atomic mass is 16.5. The predicted molar refractivity (Wildman–Crippen MR) is 114 cm³/mol. The smallest absolute Gasteiger partial charge is 0.325 e. The van der Waals surface area contributed by atoms with E-state index in [1.807, 2.05) is 12.1 Å². The van der Waals surface area contributed by atoms with E-state index in [0.29, 0.717) is 43.4 Å². The van der Waals surface area contributed by atoms with Gasteiger partial charge in [-0.25, -0.2) is 9.97 Å². The van der Waals surface area contributed by atoms with Gasteiger partial charge in [-0.1, -0.05) is 0 Å². The molecule has 0 radical (unpaired) electrons. The van der Waals surface area contributed by atoms with E-state index < -0.39 is 5.97 Å². The molecule has 3 rings (SSSR count). The number of amides is 1. The second-order valence-corrected chi connectivity index (χ2v) is 7.30. The van der Waals surface area contributed by atoms with Gasteiger partial charge in [0, 0.05) is 44.0 Å². The number of piperidine rings is 1. The van der Waals surface area contributed by atoms with Gasteiger partial charge in [0.15, 0.2) is 0 Å². The highest BCUT2D eigenvalue weighted by Crippen LogP contribution is 2.26. The van der Waals surface area contributed by atoms with Crippen molar-refractivity contribution in [3.63, 3.8) is 0 Å². The van der Waals surface area contributed by atoms with Crippen LogP contribution in [0, 0.1) is 5.92 Å². The molecule has 0 atom stereocenters. The molecule has 0 unspecified atom stereocenters. The summed E-state index contributed by atoms with van der Waals surface area (Å²) in [6.07, 6.45) is 4.74. The van der Waals surface area contributed by atoms with Crippen LogP contribution in [-0.2, 0) is 20.9 Å². The molecule has 9 nitrogen and oxygen atoms in total. The molecular weight excluding hydrogens is 400 g/mol. The first-order valence-electron chi connectivity index (χ1n) is 10.1. The van der Waals surface area contributed by atoms with Crippen LogP contribution >= 0.6 is 0 Å². The maximum absolute atomic E-state index is 13.3. The van der Waals surface area contributed by atoms with E-state index in [0.717, 1.165) is 5.56 Å². The van der Waals surface area contributed by atoms with E-state index in [1.54, 1.807) is 43.6 Å². The van der Waals surface area contributed by atoms with Crippen molar-refractivity contribution < 1.29 is 23.8 Å². The Balaban J connectivity index is 1.71. The Kier molecular flexibility index (Phi) is 7.64. The van der Waals surface area contributed by atoms with Gasteiger partial charge >= 0.3 is 5.97 Å². The summed E-state index contributed by atoms with van der Waals surface area (Å²) in [5, 5.41) is 0. The molecule has 2 heterocycles. The Morgan fingerprint density at radius 2 is 1.65 bits per heavy atom. The summed E-state index contributed by atoms with van der Waals surface area (Å²) >= 11 is 0. The van der Waals surface area contributed by atoms with E-state index in [4.69, 9.17) is 14.2 Å². The second kappa shape index (κ2) is 10.6. The Labute approximate surface area is 181 Å². The third-order valence-electron chi connectivity index (χ3n) is 5.32. The SMILES string of the molecule is COC(=O)CN(Cc1cc(OC)cc(OC)c1)C(=O)C1CCN(c2ncccn2)CC1. The van der Waals surface area contributed by atoms with Gasteiger partial charge in [0.05, 0.1) is 21.3 Å². The summed E-state index contributed by atoms with van der Waals surface area (Å²) in [5.74, 6) is 1.20. The minimum Gasteiger partial charge on any atom is -0.497 e. The van der Waals surface area contributed by atoms with E-state index in [9.17, 15) is 9.59 Å².